The highest BCUT2D eigenvalue weighted by Crippen LogP contribution is 2.20. The third-order valence-electron chi connectivity index (χ3n) is 3.30. The normalized spacial score (nSPS) is 11.9. The van der Waals surface area contributed by atoms with Gasteiger partial charge in [-0.1, -0.05) is 6.07 Å². The number of carbonyl (C=O) groups is 1. The molecule has 1 aromatic heterocycles. The van der Waals surface area contributed by atoms with E-state index in [1.165, 1.54) is 9.47 Å². The Labute approximate surface area is 122 Å². The molecule has 1 aromatic carbocycles. The highest BCUT2D eigenvalue weighted by Gasteiger charge is 2.25. The zero-order chi connectivity index (χ0) is 15.8. The fraction of sp³-hybridized carbons (Fsp3) is 0.467. The number of oxazole rings is 1. The molecule has 0 aliphatic carbocycles. The summed E-state index contributed by atoms with van der Waals surface area (Å²) in [6, 6.07) is 5.06. The average Bonchev–Trinajstić information content (AvgIpc) is 2.70. The third kappa shape index (κ3) is 3.00. The van der Waals surface area contributed by atoms with Gasteiger partial charge in [-0.05, 0) is 32.9 Å². The van der Waals surface area contributed by atoms with Crippen LogP contribution in [-0.2, 0) is 7.05 Å². The highest BCUT2D eigenvalue weighted by molar-refractivity contribution is 6.04. The predicted molar refractivity (Wildman–Crippen MR) is 79.3 cm³/mol. The fourth-order valence-electron chi connectivity index (χ4n) is 2.28. The monoisotopic (exact) mass is 292 g/mol. The lowest BCUT2D eigenvalue weighted by Crippen LogP contribution is -2.42. The molecular weight excluding hydrogens is 272 g/mol. The molecule has 2 aromatic rings. The second-order valence-electron chi connectivity index (χ2n) is 5.71. The van der Waals surface area contributed by atoms with Crippen molar-refractivity contribution >= 4 is 17.0 Å². The van der Waals surface area contributed by atoms with Crippen LogP contribution in [0, 0.1) is 0 Å². The minimum atomic E-state index is -0.989. The molecule has 6 nitrogen and oxygen atoms in total. The van der Waals surface area contributed by atoms with Crippen LogP contribution in [-0.4, -0.2) is 39.2 Å². The molecule has 0 saturated carbocycles. The molecule has 0 bridgehead atoms. The minimum absolute atomic E-state index is 0.204. The van der Waals surface area contributed by atoms with Gasteiger partial charge < -0.3 is 14.4 Å². The van der Waals surface area contributed by atoms with Crippen molar-refractivity contribution in [2.24, 2.45) is 7.05 Å². The molecule has 0 radical (unpaired) electrons. The number of amides is 1. The smallest absolute Gasteiger partial charge is 0.407 e. The Morgan fingerprint density at radius 3 is 2.67 bits per heavy atom. The molecule has 0 aliphatic heterocycles. The van der Waals surface area contributed by atoms with Gasteiger partial charge in [0.15, 0.2) is 5.58 Å². The minimum Gasteiger partial charge on any atom is -0.407 e. The molecule has 0 aliphatic rings. The second kappa shape index (κ2) is 5.37. The van der Waals surface area contributed by atoms with Gasteiger partial charge >= 0.3 is 5.76 Å². The fourth-order valence-corrected chi connectivity index (χ4v) is 2.28. The van der Waals surface area contributed by atoms with Gasteiger partial charge in [-0.15, -0.1) is 0 Å². The van der Waals surface area contributed by atoms with Crippen molar-refractivity contribution in [3.05, 3.63) is 34.3 Å². The van der Waals surface area contributed by atoms with E-state index in [2.05, 4.69) is 0 Å². The first kappa shape index (κ1) is 15.3. The SMILES string of the molecule is CCN(CC(C)(C)O)C(=O)c1cccc2c1oc(=O)n2C. The summed E-state index contributed by atoms with van der Waals surface area (Å²) in [6.07, 6.45) is 0. The number of benzene rings is 1. The first-order valence-corrected chi connectivity index (χ1v) is 6.85. The summed E-state index contributed by atoms with van der Waals surface area (Å²) in [7, 11) is 1.59. The summed E-state index contributed by atoms with van der Waals surface area (Å²) >= 11 is 0. The third-order valence-corrected chi connectivity index (χ3v) is 3.30. The molecular formula is C15H20N2O4. The average molecular weight is 292 g/mol. The lowest BCUT2D eigenvalue weighted by Gasteiger charge is -2.28. The molecule has 0 atom stereocenters. The Morgan fingerprint density at radius 1 is 1.43 bits per heavy atom. The number of nitrogens with zero attached hydrogens (tertiary/aromatic N) is 2. The van der Waals surface area contributed by atoms with Gasteiger partial charge in [-0.2, -0.15) is 0 Å². The number of aryl methyl sites for hydroxylation is 1. The lowest BCUT2D eigenvalue weighted by molar-refractivity contribution is 0.0315. The number of aliphatic hydroxyl groups is 1. The number of likely N-dealkylation sites (N-methyl/N-ethyl adjacent to an activating group) is 1. The summed E-state index contributed by atoms with van der Waals surface area (Å²) in [5, 5.41) is 9.91. The van der Waals surface area contributed by atoms with Crippen molar-refractivity contribution < 1.29 is 14.3 Å². The summed E-state index contributed by atoms with van der Waals surface area (Å²) in [4.78, 5) is 25.8. The maximum Gasteiger partial charge on any atom is 0.419 e. The van der Waals surface area contributed by atoms with Gasteiger partial charge in [0.2, 0.25) is 0 Å². The number of hydrogen-bond acceptors (Lipinski definition) is 4. The van der Waals surface area contributed by atoms with Crippen molar-refractivity contribution in [1.29, 1.82) is 0 Å². The highest BCUT2D eigenvalue weighted by atomic mass is 16.4. The Morgan fingerprint density at radius 2 is 2.10 bits per heavy atom. The van der Waals surface area contributed by atoms with E-state index in [1.807, 2.05) is 6.92 Å². The molecule has 114 valence electrons. The van der Waals surface area contributed by atoms with Gasteiger partial charge in [0.05, 0.1) is 16.7 Å². The Hall–Kier alpha value is -2.08. The molecule has 0 spiro atoms. The van der Waals surface area contributed by atoms with Crippen LogP contribution in [0.25, 0.3) is 11.1 Å². The van der Waals surface area contributed by atoms with E-state index >= 15 is 0 Å². The molecule has 1 amide bonds. The van der Waals surface area contributed by atoms with Crippen LogP contribution in [0.3, 0.4) is 0 Å². The van der Waals surface area contributed by atoms with E-state index in [0.717, 1.165) is 0 Å². The van der Waals surface area contributed by atoms with E-state index in [1.54, 1.807) is 39.1 Å². The van der Waals surface area contributed by atoms with Gasteiger partial charge in [0, 0.05) is 20.1 Å². The van der Waals surface area contributed by atoms with Gasteiger partial charge in [-0.25, -0.2) is 4.79 Å². The first-order valence-electron chi connectivity index (χ1n) is 6.85. The number of carbonyl (C=O) groups excluding carboxylic acids is 1. The van der Waals surface area contributed by atoms with Crippen molar-refractivity contribution in [3.8, 4) is 0 Å². The van der Waals surface area contributed by atoms with E-state index in [0.29, 0.717) is 17.6 Å². The van der Waals surface area contributed by atoms with Crippen molar-refractivity contribution in [3.63, 3.8) is 0 Å². The van der Waals surface area contributed by atoms with Crippen LogP contribution in [0.2, 0.25) is 0 Å². The molecule has 21 heavy (non-hydrogen) atoms. The van der Waals surface area contributed by atoms with Crippen molar-refractivity contribution in [2.45, 2.75) is 26.4 Å². The molecule has 0 unspecified atom stereocenters. The summed E-state index contributed by atoms with van der Waals surface area (Å²) < 4.78 is 6.53. The molecule has 0 saturated heterocycles. The Bertz CT molecular complexity index is 721. The zero-order valence-corrected chi connectivity index (χ0v) is 12.7. The largest absolute Gasteiger partial charge is 0.419 e. The number of fused-ring (bicyclic) bond motifs is 1. The Kier molecular flexibility index (Phi) is 3.91. The lowest BCUT2D eigenvalue weighted by atomic mass is 10.1. The van der Waals surface area contributed by atoms with Crippen molar-refractivity contribution in [2.75, 3.05) is 13.1 Å². The number of rotatable bonds is 4. The summed E-state index contributed by atoms with van der Waals surface area (Å²) in [5.74, 6) is -0.768. The topological polar surface area (TPSA) is 75.7 Å². The number of aromatic nitrogens is 1. The maximum atomic E-state index is 12.6. The van der Waals surface area contributed by atoms with Crippen molar-refractivity contribution in [1.82, 2.24) is 9.47 Å². The van der Waals surface area contributed by atoms with Crippen LogP contribution in [0.1, 0.15) is 31.1 Å². The molecule has 2 rings (SSSR count). The van der Waals surface area contributed by atoms with Crippen LogP contribution in [0.4, 0.5) is 0 Å². The van der Waals surface area contributed by atoms with E-state index < -0.39 is 11.4 Å². The van der Waals surface area contributed by atoms with E-state index in [9.17, 15) is 14.7 Å². The summed E-state index contributed by atoms with van der Waals surface area (Å²) in [5.41, 5.74) is 0.197. The second-order valence-corrected chi connectivity index (χ2v) is 5.71. The first-order chi connectivity index (χ1) is 9.74. The van der Waals surface area contributed by atoms with Crippen LogP contribution < -0.4 is 5.76 Å². The molecule has 0 fully saturated rings. The molecule has 1 heterocycles. The summed E-state index contributed by atoms with van der Waals surface area (Å²) in [6.45, 7) is 5.79. The number of para-hydroxylation sites is 1. The van der Waals surface area contributed by atoms with Crippen LogP contribution in [0.5, 0.6) is 0 Å². The van der Waals surface area contributed by atoms with Gasteiger partial charge in [-0.3, -0.25) is 9.36 Å². The van der Waals surface area contributed by atoms with Crippen LogP contribution in [0.15, 0.2) is 27.4 Å². The Balaban J connectivity index is 2.48. The van der Waals surface area contributed by atoms with Gasteiger partial charge in [0.1, 0.15) is 0 Å². The van der Waals surface area contributed by atoms with Gasteiger partial charge in [0.25, 0.3) is 5.91 Å². The number of hydrogen-bond donors (Lipinski definition) is 1. The standard InChI is InChI=1S/C15H20N2O4/c1-5-17(9-15(2,3)20)13(18)10-7-6-8-11-12(10)21-14(19)16(11)4/h6-8,20H,5,9H2,1-4H3. The predicted octanol–water partition coefficient (Wildman–Crippen LogP) is 1.36. The molecule has 1 N–H and O–H groups in total. The maximum absolute atomic E-state index is 12.6. The van der Waals surface area contributed by atoms with E-state index in [-0.39, 0.29) is 18.0 Å². The molecule has 6 heteroatoms. The quantitative estimate of drug-likeness (QED) is 0.923. The van der Waals surface area contributed by atoms with Crippen LogP contribution >= 0.6 is 0 Å². The zero-order valence-electron chi connectivity index (χ0n) is 12.7. The van der Waals surface area contributed by atoms with E-state index in [4.69, 9.17) is 4.42 Å².